The number of aromatic amines is 1. The van der Waals surface area contributed by atoms with Gasteiger partial charge in [-0.2, -0.15) is 22.0 Å². The molecule has 2 heterocycles. The first kappa shape index (κ1) is 20.2. The van der Waals surface area contributed by atoms with Gasteiger partial charge in [0.05, 0.1) is 11.1 Å². The van der Waals surface area contributed by atoms with Gasteiger partial charge in [-0.3, -0.25) is 9.36 Å². The lowest BCUT2D eigenvalue weighted by Crippen LogP contribution is -2.41. The molecule has 0 bridgehead atoms. The molecule has 0 saturated carbocycles. The van der Waals surface area contributed by atoms with Gasteiger partial charge in [-0.15, -0.1) is 0 Å². The van der Waals surface area contributed by atoms with E-state index in [2.05, 4.69) is 14.7 Å². The molecule has 5 nitrogen and oxygen atoms in total. The van der Waals surface area contributed by atoms with Gasteiger partial charge in [-0.1, -0.05) is 18.7 Å². The predicted octanol–water partition coefficient (Wildman–Crippen LogP) is 4.40. The summed E-state index contributed by atoms with van der Waals surface area (Å²) < 4.78 is 68.4. The monoisotopic (exact) mass is 419 g/mol. The lowest BCUT2D eigenvalue weighted by Gasteiger charge is -2.20. The van der Waals surface area contributed by atoms with Gasteiger partial charge in [0.1, 0.15) is 11.4 Å². The molecule has 0 aliphatic carbocycles. The molecule has 1 N–H and O–H groups in total. The minimum absolute atomic E-state index is 0.180. The number of nitrogens with one attached hydrogen (secondary N) is 1. The standard InChI is InChI=1S/C17H14F5N3O2S/c1-2-28-15-24-13-12(7-8-23-13)14(26)25(15)10-3-5-11(6-4-10)27-9-16(18,19)17(20,21)22/h3-8,23H,2,9H2,1H3. The Labute approximate surface area is 159 Å². The molecule has 3 aromatic rings. The highest BCUT2D eigenvalue weighted by Crippen LogP contribution is 2.35. The second-order valence-electron chi connectivity index (χ2n) is 5.69. The summed E-state index contributed by atoms with van der Waals surface area (Å²) in [4.78, 5) is 20.0. The fourth-order valence-corrected chi connectivity index (χ4v) is 3.11. The molecule has 11 heteroatoms. The SMILES string of the molecule is CCSc1nc2[nH]ccc2c(=O)n1-c1ccc(OCC(F)(F)C(F)(F)F)cc1. The Morgan fingerprint density at radius 1 is 1.14 bits per heavy atom. The first-order valence-corrected chi connectivity index (χ1v) is 9.03. The Hall–Kier alpha value is -2.56. The summed E-state index contributed by atoms with van der Waals surface area (Å²) in [5.74, 6) is -4.50. The minimum Gasteiger partial charge on any atom is -0.487 e. The molecule has 2 aromatic heterocycles. The second kappa shape index (κ2) is 7.46. The van der Waals surface area contributed by atoms with Crippen molar-refractivity contribution in [2.75, 3.05) is 12.4 Å². The minimum atomic E-state index is -5.69. The van der Waals surface area contributed by atoms with Gasteiger partial charge in [0.2, 0.25) is 0 Å². The van der Waals surface area contributed by atoms with Crippen LogP contribution in [0.2, 0.25) is 0 Å². The van der Waals surface area contributed by atoms with E-state index in [0.717, 1.165) is 0 Å². The van der Waals surface area contributed by atoms with Crippen LogP contribution in [0.4, 0.5) is 22.0 Å². The van der Waals surface area contributed by atoms with Crippen LogP contribution in [0.25, 0.3) is 16.7 Å². The predicted molar refractivity (Wildman–Crippen MR) is 94.6 cm³/mol. The van der Waals surface area contributed by atoms with E-state index in [-0.39, 0.29) is 11.3 Å². The molecule has 0 aliphatic heterocycles. The Morgan fingerprint density at radius 3 is 2.43 bits per heavy atom. The quantitative estimate of drug-likeness (QED) is 0.366. The van der Waals surface area contributed by atoms with Crippen LogP contribution in [-0.4, -0.2) is 39.0 Å². The topological polar surface area (TPSA) is 59.9 Å². The molecule has 1 aromatic carbocycles. The van der Waals surface area contributed by atoms with Crippen LogP contribution in [-0.2, 0) is 0 Å². The molecule has 3 rings (SSSR count). The van der Waals surface area contributed by atoms with Gasteiger partial charge >= 0.3 is 12.1 Å². The van der Waals surface area contributed by atoms with Crippen molar-refractivity contribution < 1.29 is 26.7 Å². The molecule has 0 spiro atoms. The lowest BCUT2D eigenvalue weighted by molar-refractivity contribution is -0.290. The van der Waals surface area contributed by atoms with Crippen LogP contribution < -0.4 is 10.3 Å². The van der Waals surface area contributed by atoms with Crippen molar-refractivity contribution in [2.24, 2.45) is 0 Å². The van der Waals surface area contributed by atoms with Crippen LogP contribution in [0, 0.1) is 0 Å². The number of thioether (sulfide) groups is 1. The molecule has 0 saturated heterocycles. The van der Waals surface area contributed by atoms with Gasteiger partial charge in [0, 0.05) is 6.20 Å². The fraction of sp³-hybridized carbons (Fsp3) is 0.294. The summed E-state index contributed by atoms with van der Waals surface area (Å²) in [5, 5.41) is 0.783. The maximum absolute atomic E-state index is 13.0. The number of H-pyrrole nitrogens is 1. The number of benzene rings is 1. The van der Waals surface area contributed by atoms with E-state index in [1.165, 1.54) is 40.6 Å². The zero-order valence-corrected chi connectivity index (χ0v) is 15.2. The zero-order valence-electron chi connectivity index (χ0n) is 14.4. The van der Waals surface area contributed by atoms with Crippen molar-refractivity contribution in [3.05, 3.63) is 46.9 Å². The Kier molecular flexibility index (Phi) is 5.37. The zero-order chi connectivity index (χ0) is 20.5. The third kappa shape index (κ3) is 3.84. The van der Waals surface area contributed by atoms with E-state index in [9.17, 15) is 26.7 Å². The van der Waals surface area contributed by atoms with Crippen molar-refractivity contribution in [1.29, 1.82) is 0 Å². The molecule has 0 amide bonds. The van der Waals surface area contributed by atoms with Crippen molar-refractivity contribution in [1.82, 2.24) is 14.5 Å². The summed E-state index contributed by atoms with van der Waals surface area (Å²) in [7, 11) is 0. The van der Waals surface area contributed by atoms with E-state index >= 15 is 0 Å². The number of rotatable bonds is 6. The first-order valence-electron chi connectivity index (χ1n) is 8.05. The first-order chi connectivity index (χ1) is 13.1. The van der Waals surface area contributed by atoms with Crippen LogP contribution >= 0.6 is 11.8 Å². The average molecular weight is 419 g/mol. The van der Waals surface area contributed by atoms with E-state index in [1.54, 1.807) is 12.3 Å². The average Bonchev–Trinajstić information content (AvgIpc) is 3.09. The van der Waals surface area contributed by atoms with Gasteiger partial charge in [0.25, 0.3) is 5.56 Å². The number of ether oxygens (including phenoxy) is 1. The molecule has 0 unspecified atom stereocenters. The summed E-state index contributed by atoms with van der Waals surface area (Å²) in [6.45, 7) is 0.0570. The maximum Gasteiger partial charge on any atom is 0.456 e. The van der Waals surface area contributed by atoms with Crippen LogP contribution in [0.1, 0.15) is 6.92 Å². The largest absolute Gasteiger partial charge is 0.487 e. The number of aromatic nitrogens is 3. The Morgan fingerprint density at radius 2 is 1.82 bits per heavy atom. The lowest BCUT2D eigenvalue weighted by atomic mass is 10.3. The molecule has 0 aliphatic rings. The normalized spacial score (nSPS) is 12.5. The van der Waals surface area contributed by atoms with Gasteiger partial charge in [-0.25, -0.2) is 4.98 Å². The number of nitrogens with zero attached hydrogens (tertiary/aromatic N) is 2. The van der Waals surface area contributed by atoms with Crippen LogP contribution in [0.3, 0.4) is 0 Å². The number of alkyl halides is 5. The number of fused-ring (bicyclic) bond motifs is 1. The van der Waals surface area contributed by atoms with E-state index in [1.807, 2.05) is 6.92 Å². The Balaban J connectivity index is 1.90. The molecule has 28 heavy (non-hydrogen) atoms. The third-order valence-corrected chi connectivity index (χ3v) is 4.58. The van der Waals surface area contributed by atoms with Crippen molar-refractivity contribution in [3.8, 4) is 11.4 Å². The summed E-state index contributed by atoms with van der Waals surface area (Å²) >= 11 is 1.33. The van der Waals surface area contributed by atoms with E-state index in [4.69, 9.17) is 0 Å². The number of hydrogen-bond donors (Lipinski definition) is 1. The molecule has 150 valence electrons. The van der Waals surface area contributed by atoms with Crippen molar-refractivity contribution >= 4 is 22.8 Å². The smallest absolute Gasteiger partial charge is 0.456 e. The van der Waals surface area contributed by atoms with Crippen molar-refractivity contribution in [3.63, 3.8) is 0 Å². The summed E-state index contributed by atoms with van der Waals surface area (Å²) in [6, 6.07) is 6.80. The van der Waals surface area contributed by atoms with Gasteiger partial charge < -0.3 is 9.72 Å². The molecular formula is C17H14F5N3O2S. The van der Waals surface area contributed by atoms with Crippen molar-refractivity contribution in [2.45, 2.75) is 24.2 Å². The van der Waals surface area contributed by atoms with Gasteiger partial charge in [-0.05, 0) is 36.1 Å². The van der Waals surface area contributed by atoms with E-state index < -0.39 is 18.7 Å². The van der Waals surface area contributed by atoms with Crippen LogP contribution in [0.5, 0.6) is 5.75 Å². The number of hydrogen-bond acceptors (Lipinski definition) is 4. The highest BCUT2D eigenvalue weighted by molar-refractivity contribution is 7.99. The van der Waals surface area contributed by atoms with Crippen LogP contribution in [0.15, 0.2) is 46.5 Å². The number of halogens is 5. The second-order valence-corrected chi connectivity index (χ2v) is 6.92. The maximum atomic E-state index is 13.0. The highest BCUT2D eigenvalue weighted by atomic mass is 32.2. The molecule has 0 fully saturated rings. The van der Waals surface area contributed by atoms with Gasteiger partial charge in [0.15, 0.2) is 11.8 Å². The Bertz CT molecular complexity index is 1030. The highest BCUT2D eigenvalue weighted by Gasteiger charge is 2.58. The fourth-order valence-electron chi connectivity index (χ4n) is 2.38. The molecule has 0 atom stereocenters. The molecular weight excluding hydrogens is 405 g/mol. The summed E-state index contributed by atoms with van der Waals surface area (Å²) in [6.07, 6.45) is -4.11. The van der Waals surface area contributed by atoms with E-state index in [0.29, 0.717) is 27.6 Å². The molecule has 0 radical (unpaired) electrons. The third-order valence-electron chi connectivity index (χ3n) is 3.76. The summed E-state index contributed by atoms with van der Waals surface area (Å²) in [5.41, 5.74) is 0.484.